The summed E-state index contributed by atoms with van der Waals surface area (Å²) in [6.07, 6.45) is 1.75. The van der Waals surface area contributed by atoms with Crippen LogP contribution in [0.3, 0.4) is 0 Å². The Balaban J connectivity index is 1.99. The van der Waals surface area contributed by atoms with Gasteiger partial charge in [-0.3, -0.25) is 0 Å². The van der Waals surface area contributed by atoms with E-state index in [4.69, 9.17) is 4.42 Å². The Morgan fingerprint density at radius 2 is 1.89 bits per heavy atom. The Morgan fingerprint density at radius 3 is 2.56 bits per heavy atom. The molecular formula is C14H12N2OS. The first-order valence-electron chi connectivity index (χ1n) is 5.69. The van der Waals surface area contributed by atoms with Crippen LogP contribution in [0.1, 0.15) is 10.6 Å². The van der Waals surface area contributed by atoms with Crippen molar-refractivity contribution in [3.8, 4) is 22.2 Å². The average molecular weight is 256 g/mol. The molecule has 0 unspecified atom stereocenters. The Bertz CT molecular complexity index is 651. The molecule has 0 amide bonds. The van der Waals surface area contributed by atoms with Crippen LogP contribution in [0.4, 0.5) is 0 Å². The molecule has 0 saturated carbocycles. The monoisotopic (exact) mass is 256 g/mol. The van der Waals surface area contributed by atoms with E-state index in [1.54, 1.807) is 17.5 Å². The van der Waals surface area contributed by atoms with E-state index in [0.29, 0.717) is 5.89 Å². The maximum absolute atomic E-state index is 5.76. The third kappa shape index (κ3) is 1.95. The van der Waals surface area contributed by atoms with Crippen LogP contribution >= 0.6 is 11.3 Å². The van der Waals surface area contributed by atoms with Crippen LogP contribution in [-0.4, -0.2) is 9.97 Å². The van der Waals surface area contributed by atoms with Gasteiger partial charge in [0.05, 0.1) is 11.9 Å². The number of aryl methyl sites for hydroxylation is 2. The van der Waals surface area contributed by atoms with E-state index in [-0.39, 0.29) is 0 Å². The molecule has 0 atom stereocenters. The van der Waals surface area contributed by atoms with Gasteiger partial charge in [0.2, 0.25) is 0 Å². The molecule has 0 spiro atoms. The largest absolute Gasteiger partial charge is 0.434 e. The first-order chi connectivity index (χ1) is 8.74. The van der Waals surface area contributed by atoms with Gasteiger partial charge >= 0.3 is 0 Å². The number of hydrogen-bond acceptors (Lipinski definition) is 4. The van der Waals surface area contributed by atoms with Gasteiger partial charge in [-0.1, -0.05) is 30.3 Å². The molecule has 0 aliphatic carbocycles. The minimum Gasteiger partial charge on any atom is -0.434 e. The lowest BCUT2D eigenvalue weighted by Crippen LogP contribution is -1.76. The fourth-order valence-electron chi connectivity index (χ4n) is 1.67. The van der Waals surface area contributed by atoms with Crippen LogP contribution in [0, 0.1) is 13.8 Å². The summed E-state index contributed by atoms with van der Waals surface area (Å²) < 4.78 is 5.76. The molecule has 18 heavy (non-hydrogen) atoms. The number of rotatable bonds is 2. The maximum Gasteiger partial charge on any atom is 0.256 e. The second kappa shape index (κ2) is 4.38. The van der Waals surface area contributed by atoms with Crippen molar-refractivity contribution in [1.29, 1.82) is 0 Å². The van der Waals surface area contributed by atoms with Crippen LogP contribution < -0.4 is 0 Å². The van der Waals surface area contributed by atoms with Gasteiger partial charge < -0.3 is 4.42 Å². The van der Waals surface area contributed by atoms with Gasteiger partial charge in [-0.15, -0.1) is 11.3 Å². The molecule has 0 bridgehead atoms. The van der Waals surface area contributed by atoms with Crippen molar-refractivity contribution in [1.82, 2.24) is 9.97 Å². The van der Waals surface area contributed by atoms with Gasteiger partial charge in [-0.25, -0.2) is 9.97 Å². The number of thiazole rings is 1. The zero-order valence-electron chi connectivity index (χ0n) is 10.2. The van der Waals surface area contributed by atoms with Crippen LogP contribution in [0.5, 0.6) is 0 Å². The summed E-state index contributed by atoms with van der Waals surface area (Å²) in [5, 5.41) is 0.840. The second-order valence-corrected chi connectivity index (χ2v) is 5.26. The predicted octanol–water partition coefficient (Wildman–Crippen LogP) is 4.08. The third-order valence-electron chi connectivity index (χ3n) is 2.78. The molecule has 0 N–H and O–H groups in total. The van der Waals surface area contributed by atoms with Crippen LogP contribution in [0.2, 0.25) is 0 Å². The van der Waals surface area contributed by atoms with E-state index in [1.165, 1.54) is 4.88 Å². The highest BCUT2D eigenvalue weighted by atomic mass is 32.1. The molecular weight excluding hydrogens is 244 g/mol. The lowest BCUT2D eigenvalue weighted by atomic mass is 10.2. The number of hydrogen-bond donors (Lipinski definition) is 0. The molecule has 90 valence electrons. The quantitative estimate of drug-likeness (QED) is 0.693. The first kappa shape index (κ1) is 11.2. The zero-order valence-corrected chi connectivity index (χ0v) is 11.0. The highest BCUT2D eigenvalue weighted by molar-refractivity contribution is 7.15. The van der Waals surface area contributed by atoms with Crippen molar-refractivity contribution < 1.29 is 4.42 Å². The standard InChI is InChI=1S/C14H12N2OS/c1-9-10(2)18-14(16-9)13-15-8-12(17-13)11-6-4-3-5-7-11/h3-8H,1-2H3. The van der Waals surface area contributed by atoms with Crippen molar-refractivity contribution in [2.75, 3.05) is 0 Å². The van der Waals surface area contributed by atoms with Gasteiger partial charge in [0.1, 0.15) is 0 Å². The number of oxazole rings is 1. The SMILES string of the molecule is Cc1nc(-c2ncc(-c3ccccc3)o2)sc1C. The summed E-state index contributed by atoms with van der Waals surface area (Å²) in [4.78, 5) is 9.95. The molecule has 2 heterocycles. The average Bonchev–Trinajstić information content (AvgIpc) is 2.99. The van der Waals surface area contributed by atoms with E-state index in [0.717, 1.165) is 22.0 Å². The molecule has 0 aliphatic rings. The lowest BCUT2D eigenvalue weighted by molar-refractivity contribution is 0.588. The summed E-state index contributed by atoms with van der Waals surface area (Å²) in [5.74, 6) is 1.37. The molecule has 3 nitrogen and oxygen atoms in total. The Kier molecular flexibility index (Phi) is 2.72. The molecule has 2 aromatic heterocycles. The van der Waals surface area contributed by atoms with E-state index in [2.05, 4.69) is 16.9 Å². The fraction of sp³-hybridized carbons (Fsp3) is 0.143. The summed E-state index contributed by atoms with van der Waals surface area (Å²) in [6.45, 7) is 4.05. The van der Waals surface area contributed by atoms with Crippen LogP contribution in [0.15, 0.2) is 40.9 Å². The Labute approximate surface area is 109 Å². The van der Waals surface area contributed by atoms with Crippen LogP contribution in [0.25, 0.3) is 22.2 Å². The predicted molar refractivity (Wildman–Crippen MR) is 72.5 cm³/mol. The van der Waals surface area contributed by atoms with Gasteiger partial charge in [0.25, 0.3) is 5.89 Å². The molecule has 1 aromatic carbocycles. The molecule has 0 fully saturated rings. The van der Waals surface area contributed by atoms with Crippen molar-refractivity contribution in [3.63, 3.8) is 0 Å². The van der Waals surface area contributed by atoms with Crippen LogP contribution in [-0.2, 0) is 0 Å². The maximum atomic E-state index is 5.76. The fourth-order valence-corrected chi connectivity index (χ4v) is 2.52. The second-order valence-electron chi connectivity index (χ2n) is 4.06. The summed E-state index contributed by atoms with van der Waals surface area (Å²) in [5.41, 5.74) is 2.07. The topological polar surface area (TPSA) is 38.9 Å². The highest BCUT2D eigenvalue weighted by Crippen LogP contribution is 2.29. The summed E-state index contributed by atoms with van der Waals surface area (Å²) in [7, 11) is 0. The third-order valence-corrected chi connectivity index (χ3v) is 3.84. The van der Waals surface area contributed by atoms with E-state index < -0.39 is 0 Å². The Hall–Kier alpha value is -1.94. The number of benzene rings is 1. The van der Waals surface area contributed by atoms with Gasteiger partial charge in [-0.05, 0) is 13.8 Å². The normalized spacial score (nSPS) is 10.8. The smallest absolute Gasteiger partial charge is 0.256 e. The summed E-state index contributed by atoms with van der Waals surface area (Å²) >= 11 is 1.61. The molecule has 0 saturated heterocycles. The van der Waals surface area contributed by atoms with Crippen molar-refractivity contribution >= 4 is 11.3 Å². The first-order valence-corrected chi connectivity index (χ1v) is 6.51. The van der Waals surface area contributed by atoms with Gasteiger partial charge in [0, 0.05) is 10.4 Å². The van der Waals surface area contributed by atoms with Gasteiger partial charge in [0.15, 0.2) is 10.8 Å². The highest BCUT2D eigenvalue weighted by Gasteiger charge is 2.12. The Morgan fingerprint density at radius 1 is 1.11 bits per heavy atom. The number of nitrogens with zero attached hydrogens (tertiary/aromatic N) is 2. The van der Waals surface area contributed by atoms with Crippen molar-refractivity contribution in [2.45, 2.75) is 13.8 Å². The lowest BCUT2D eigenvalue weighted by Gasteiger charge is -1.93. The zero-order chi connectivity index (χ0) is 12.5. The van der Waals surface area contributed by atoms with Gasteiger partial charge in [-0.2, -0.15) is 0 Å². The van der Waals surface area contributed by atoms with E-state index in [1.807, 2.05) is 37.3 Å². The molecule has 0 radical (unpaired) electrons. The minimum atomic E-state index is 0.593. The van der Waals surface area contributed by atoms with E-state index >= 15 is 0 Å². The molecule has 0 aliphatic heterocycles. The molecule has 3 rings (SSSR count). The number of aromatic nitrogens is 2. The molecule has 3 aromatic rings. The minimum absolute atomic E-state index is 0.593. The summed E-state index contributed by atoms with van der Waals surface area (Å²) in [6, 6.07) is 9.95. The molecule has 4 heteroatoms. The van der Waals surface area contributed by atoms with E-state index in [9.17, 15) is 0 Å². The van der Waals surface area contributed by atoms with Crippen molar-refractivity contribution in [2.24, 2.45) is 0 Å². The van der Waals surface area contributed by atoms with Crippen molar-refractivity contribution in [3.05, 3.63) is 47.1 Å².